The van der Waals surface area contributed by atoms with Gasteiger partial charge in [-0.3, -0.25) is 4.79 Å². The average Bonchev–Trinajstić information content (AvgIpc) is 2.94. The van der Waals surface area contributed by atoms with Gasteiger partial charge < -0.3 is 20.1 Å². The molecule has 35 heavy (non-hydrogen) atoms. The van der Waals surface area contributed by atoms with Gasteiger partial charge in [0.15, 0.2) is 0 Å². The SMILES string of the molecule is COC(Oc1ccc2c(c1)CCCN(c1cc(C)c(CC(C)(C)CC(N)=O)c(C)c1)C2)C(F)(F)F. The van der Waals surface area contributed by atoms with Crippen molar-refractivity contribution in [1.82, 2.24) is 0 Å². The van der Waals surface area contributed by atoms with E-state index in [9.17, 15) is 18.0 Å². The smallest absolute Gasteiger partial charge is 0.452 e. The van der Waals surface area contributed by atoms with Crippen molar-refractivity contribution in [3.63, 3.8) is 0 Å². The topological polar surface area (TPSA) is 64.8 Å². The minimum absolute atomic E-state index is 0.149. The Balaban J connectivity index is 1.80. The molecule has 1 unspecified atom stereocenters. The van der Waals surface area contributed by atoms with E-state index in [1.807, 2.05) is 6.07 Å². The highest BCUT2D eigenvalue weighted by molar-refractivity contribution is 5.74. The van der Waals surface area contributed by atoms with Crippen LogP contribution in [-0.2, 0) is 28.9 Å². The molecule has 2 aromatic carbocycles. The summed E-state index contributed by atoms with van der Waals surface area (Å²) in [5.41, 5.74) is 11.9. The lowest BCUT2D eigenvalue weighted by Gasteiger charge is -2.28. The number of primary amides is 1. The lowest BCUT2D eigenvalue weighted by molar-refractivity contribution is -0.274. The van der Waals surface area contributed by atoms with E-state index in [4.69, 9.17) is 10.5 Å². The van der Waals surface area contributed by atoms with Crippen LogP contribution in [0.1, 0.15) is 54.5 Å². The summed E-state index contributed by atoms with van der Waals surface area (Å²) in [4.78, 5) is 13.8. The van der Waals surface area contributed by atoms with Crippen LogP contribution in [0.25, 0.3) is 0 Å². The van der Waals surface area contributed by atoms with Crippen molar-refractivity contribution >= 4 is 11.6 Å². The van der Waals surface area contributed by atoms with Gasteiger partial charge in [0.2, 0.25) is 5.91 Å². The molecule has 8 heteroatoms. The summed E-state index contributed by atoms with van der Waals surface area (Å²) in [6.07, 6.45) is -4.18. The van der Waals surface area contributed by atoms with Gasteiger partial charge in [-0.05, 0) is 90.6 Å². The molecule has 1 aliphatic rings. The Morgan fingerprint density at radius 1 is 1.11 bits per heavy atom. The maximum absolute atomic E-state index is 13.0. The first-order valence-electron chi connectivity index (χ1n) is 11.8. The molecule has 0 aliphatic carbocycles. The van der Waals surface area contributed by atoms with Crippen LogP contribution in [-0.4, -0.2) is 32.0 Å². The highest BCUT2D eigenvalue weighted by atomic mass is 19.4. The van der Waals surface area contributed by atoms with Gasteiger partial charge in [0.1, 0.15) is 5.75 Å². The quantitative estimate of drug-likeness (QED) is 0.486. The molecule has 0 saturated heterocycles. The third-order valence-corrected chi connectivity index (χ3v) is 6.49. The van der Waals surface area contributed by atoms with Crippen molar-refractivity contribution in [3.8, 4) is 5.75 Å². The molecule has 1 heterocycles. The highest BCUT2D eigenvalue weighted by Crippen LogP contribution is 2.34. The summed E-state index contributed by atoms with van der Waals surface area (Å²) in [5, 5.41) is 0. The molecular formula is C27H35F3N2O3. The van der Waals surface area contributed by atoms with Gasteiger partial charge in [-0.2, -0.15) is 13.2 Å². The lowest BCUT2D eigenvalue weighted by Crippen LogP contribution is -2.36. The number of benzene rings is 2. The summed E-state index contributed by atoms with van der Waals surface area (Å²) in [7, 11) is 0.980. The summed E-state index contributed by atoms with van der Waals surface area (Å²) in [5.74, 6) is -0.147. The van der Waals surface area contributed by atoms with E-state index in [-0.39, 0.29) is 17.1 Å². The van der Waals surface area contributed by atoms with Gasteiger partial charge in [0.05, 0.1) is 0 Å². The molecule has 2 N–H and O–H groups in total. The Hall–Kier alpha value is -2.74. The number of aryl methyl sites for hydroxylation is 3. The zero-order valence-electron chi connectivity index (χ0n) is 21.1. The number of rotatable bonds is 8. The van der Waals surface area contributed by atoms with Crippen LogP contribution >= 0.6 is 0 Å². The van der Waals surface area contributed by atoms with E-state index in [2.05, 4.69) is 49.5 Å². The number of amides is 1. The van der Waals surface area contributed by atoms with Crippen molar-refractivity contribution in [2.24, 2.45) is 11.1 Å². The van der Waals surface area contributed by atoms with Crippen molar-refractivity contribution in [2.45, 2.75) is 72.4 Å². The second-order valence-corrected chi connectivity index (χ2v) is 10.2. The Bertz CT molecular complexity index is 1040. The number of ether oxygens (including phenoxy) is 2. The number of fused-ring (bicyclic) bond motifs is 1. The first kappa shape index (κ1) is 26.9. The fourth-order valence-electron chi connectivity index (χ4n) is 4.84. The number of carbonyl (C=O) groups excluding carboxylic acids is 1. The fraction of sp³-hybridized carbons (Fsp3) is 0.519. The van der Waals surface area contributed by atoms with E-state index in [1.165, 1.54) is 16.7 Å². The molecule has 0 radical (unpaired) electrons. The Labute approximate surface area is 205 Å². The van der Waals surface area contributed by atoms with E-state index in [0.717, 1.165) is 49.7 Å². The summed E-state index contributed by atoms with van der Waals surface area (Å²) in [6, 6.07) is 9.46. The van der Waals surface area contributed by atoms with E-state index < -0.39 is 12.5 Å². The Morgan fingerprint density at radius 2 is 1.77 bits per heavy atom. The average molecular weight is 493 g/mol. The van der Waals surface area contributed by atoms with Crippen LogP contribution in [0, 0.1) is 19.3 Å². The molecule has 0 fully saturated rings. The summed E-state index contributed by atoms with van der Waals surface area (Å²) in [6.45, 7) is 9.78. The molecule has 192 valence electrons. The highest BCUT2D eigenvalue weighted by Gasteiger charge is 2.42. The minimum Gasteiger partial charge on any atom is -0.455 e. The number of methoxy groups -OCH3 is 1. The van der Waals surface area contributed by atoms with Gasteiger partial charge in [-0.15, -0.1) is 0 Å². The van der Waals surface area contributed by atoms with Crippen LogP contribution in [0.5, 0.6) is 5.75 Å². The maximum Gasteiger partial charge on any atom is 0.452 e. The van der Waals surface area contributed by atoms with Gasteiger partial charge in [-0.1, -0.05) is 19.9 Å². The van der Waals surface area contributed by atoms with Crippen molar-refractivity contribution in [2.75, 3.05) is 18.6 Å². The number of halogens is 3. The van der Waals surface area contributed by atoms with E-state index in [1.54, 1.807) is 12.1 Å². The van der Waals surface area contributed by atoms with Crippen molar-refractivity contribution < 1.29 is 27.4 Å². The van der Waals surface area contributed by atoms with Gasteiger partial charge in [0, 0.05) is 32.3 Å². The predicted molar refractivity (Wildman–Crippen MR) is 131 cm³/mol. The maximum atomic E-state index is 13.0. The number of hydrogen-bond acceptors (Lipinski definition) is 4. The number of hydrogen-bond donors (Lipinski definition) is 1. The fourth-order valence-corrected chi connectivity index (χ4v) is 4.84. The van der Waals surface area contributed by atoms with Crippen LogP contribution in [0.2, 0.25) is 0 Å². The zero-order valence-corrected chi connectivity index (χ0v) is 21.1. The van der Waals surface area contributed by atoms with E-state index >= 15 is 0 Å². The van der Waals surface area contributed by atoms with Crippen LogP contribution < -0.4 is 15.4 Å². The largest absolute Gasteiger partial charge is 0.455 e. The number of nitrogens with zero attached hydrogens (tertiary/aromatic N) is 1. The predicted octanol–water partition coefficient (Wildman–Crippen LogP) is 5.61. The van der Waals surface area contributed by atoms with Crippen LogP contribution in [0.3, 0.4) is 0 Å². The molecule has 3 rings (SSSR count). The van der Waals surface area contributed by atoms with Gasteiger partial charge in [-0.25, -0.2) is 0 Å². The second-order valence-electron chi connectivity index (χ2n) is 10.2. The van der Waals surface area contributed by atoms with E-state index in [0.29, 0.717) is 13.0 Å². The molecule has 1 amide bonds. The second kappa shape index (κ2) is 10.5. The number of carbonyl (C=O) groups is 1. The van der Waals surface area contributed by atoms with Gasteiger partial charge >= 0.3 is 6.18 Å². The first-order valence-corrected chi connectivity index (χ1v) is 11.8. The molecule has 0 spiro atoms. The third-order valence-electron chi connectivity index (χ3n) is 6.49. The summed E-state index contributed by atoms with van der Waals surface area (Å²) >= 11 is 0. The van der Waals surface area contributed by atoms with Crippen molar-refractivity contribution in [3.05, 3.63) is 58.1 Å². The number of nitrogens with two attached hydrogens (primary N) is 1. The molecule has 0 saturated carbocycles. The molecule has 1 atom stereocenters. The molecule has 1 aliphatic heterocycles. The standard InChI is InChI=1S/C27H35F3N2O3/c1-17-11-21(12-18(2)23(17)14-26(3,4)15-24(31)33)32-10-6-7-19-13-22(9-8-20(19)16-32)35-25(34-5)27(28,29)30/h8-9,11-13,25H,6-7,10,14-16H2,1-5H3,(H2,31,33). The van der Waals surface area contributed by atoms with Crippen molar-refractivity contribution in [1.29, 1.82) is 0 Å². The molecule has 0 bridgehead atoms. The molecular weight excluding hydrogens is 457 g/mol. The Morgan fingerprint density at radius 3 is 2.34 bits per heavy atom. The molecule has 2 aromatic rings. The first-order chi connectivity index (χ1) is 16.3. The minimum atomic E-state index is -4.60. The van der Waals surface area contributed by atoms with Crippen LogP contribution in [0.15, 0.2) is 30.3 Å². The van der Waals surface area contributed by atoms with Crippen LogP contribution in [0.4, 0.5) is 18.9 Å². The third kappa shape index (κ3) is 6.90. The zero-order chi connectivity index (χ0) is 26.0. The normalized spacial score (nSPS) is 15.4. The monoisotopic (exact) mass is 492 g/mol. The molecule has 0 aromatic heterocycles. The number of alkyl halides is 3. The summed E-state index contributed by atoms with van der Waals surface area (Å²) < 4.78 is 48.6. The van der Waals surface area contributed by atoms with Gasteiger partial charge in [0.25, 0.3) is 6.29 Å². The molecule has 5 nitrogen and oxygen atoms in total. The Kier molecular flexibility index (Phi) is 8.04. The number of anilines is 1. The lowest BCUT2D eigenvalue weighted by atomic mass is 9.80.